The Morgan fingerprint density at radius 3 is 2.55 bits per heavy atom. The molecule has 1 saturated heterocycles. The molecule has 0 aliphatic carbocycles. The van der Waals surface area contributed by atoms with E-state index >= 15 is 0 Å². The second kappa shape index (κ2) is 5.55. The van der Waals surface area contributed by atoms with E-state index in [1.165, 1.54) is 18.2 Å². The quantitative estimate of drug-likeness (QED) is 0.763. The number of carbonyl (C=O) groups is 1. The van der Waals surface area contributed by atoms with Gasteiger partial charge in [0.1, 0.15) is 11.2 Å². The number of nitriles is 1. The predicted octanol–water partition coefficient (Wildman–Crippen LogP) is 1.28. The topological polar surface area (TPSA) is 60.2 Å². The average molecular weight is 276 g/mol. The lowest BCUT2D eigenvalue weighted by molar-refractivity contribution is 0.0515. The molecule has 0 atom stereocenters. The number of hydrogen-bond donors (Lipinski definition) is 0. The second-order valence-corrected chi connectivity index (χ2v) is 5.30. The monoisotopic (exact) mass is 276 g/mol. The van der Waals surface area contributed by atoms with E-state index in [9.17, 15) is 9.18 Å². The van der Waals surface area contributed by atoms with Crippen LogP contribution in [0.5, 0.6) is 0 Å². The zero-order valence-electron chi connectivity index (χ0n) is 11.6. The minimum Gasteiger partial charge on any atom is -0.335 e. The fraction of sp³-hybridized carbons (Fsp3) is 0.500. The van der Waals surface area contributed by atoms with Crippen LogP contribution in [0.3, 0.4) is 0 Å². The maximum absolute atomic E-state index is 13.0. The first-order valence-corrected chi connectivity index (χ1v) is 6.52. The van der Waals surface area contributed by atoms with Gasteiger partial charge >= 0.3 is 0 Å². The molecule has 2 heterocycles. The summed E-state index contributed by atoms with van der Waals surface area (Å²) in [5.74, 6) is -0.918. The molecule has 1 aromatic rings. The Labute approximate surface area is 117 Å². The fourth-order valence-electron chi connectivity index (χ4n) is 2.23. The number of pyridine rings is 1. The van der Waals surface area contributed by atoms with Crippen LogP contribution in [0.25, 0.3) is 0 Å². The van der Waals surface area contributed by atoms with Crippen LogP contribution in [-0.4, -0.2) is 52.4 Å². The zero-order chi connectivity index (χ0) is 14.8. The van der Waals surface area contributed by atoms with Crippen LogP contribution in [0.2, 0.25) is 0 Å². The van der Waals surface area contributed by atoms with Crippen molar-refractivity contribution in [1.82, 2.24) is 14.8 Å². The van der Waals surface area contributed by atoms with E-state index in [1.54, 1.807) is 4.90 Å². The van der Waals surface area contributed by atoms with Gasteiger partial charge < -0.3 is 4.90 Å². The minimum atomic E-state index is -0.653. The standard InChI is InChI=1S/C14H17FN4O/c1-14(2,10-16)19-8-6-18(7-9-19)13(20)11-4-3-5-12(15)17-11/h3-5H,6-9H2,1-2H3. The van der Waals surface area contributed by atoms with Gasteiger partial charge in [-0.25, -0.2) is 4.98 Å². The Hall–Kier alpha value is -2.00. The van der Waals surface area contributed by atoms with E-state index in [2.05, 4.69) is 11.1 Å². The summed E-state index contributed by atoms with van der Waals surface area (Å²) < 4.78 is 13.0. The van der Waals surface area contributed by atoms with Crippen LogP contribution in [0.4, 0.5) is 4.39 Å². The lowest BCUT2D eigenvalue weighted by atomic mass is 10.0. The molecule has 0 unspecified atom stereocenters. The smallest absolute Gasteiger partial charge is 0.272 e. The third kappa shape index (κ3) is 2.94. The molecule has 0 bridgehead atoms. The Morgan fingerprint density at radius 1 is 1.35 bits per heavy atom. The van der Waals surface area contributed by atoms with Gasteiger partial charge in [-0.15, -0.1) is 0 Å². The number of piperazine rings is 1. The van der Waals surface area contributed by atoms with Crippen LogP contribution in [0.15, 0.2) is 18.2 Å². The molecule has 1 fully saturated rings. The number of carbonyl (C=O) groups excluding carboxylic acids is 1. The molecule has 0 N–H and O–H groups in total. The molecule has 5 nitrogen and oxygen atoms in total. The number of aromatic nitrogens is 1. The van der Waals surface area contributed by atoms with E-state index in [0.717, 1.165) is 0 Å². The van der Waals surface area contributed by atoms with Gasteiger partial charge in [-0.1, -0.05) is 6.07 Å². The van der Waals surface area contributed by atoms with Crippen LogP contribution in [-0.2, 0) is 0 Å². The molecule has 2 rings (SSSR count). The van der Waals surface area contributed by atoms with Crippen LogP contribution in [0.1, 0.15) is 24.3 Å². The van der Waals surface area contributed by atoms with Gasteiger partial charge in [-0.3, -0.25) is 9.69 Å². The van der Waals surface area contributed by atoms with Gasteiger partial charge in [-0.05, 0) is 26.0 Å². The van der Waals surface area contributed by atoms with Gasteiger partial charge in [0.25, 0.3) is 5.91 Å². The summed E-state index contributed by atoms with van der Waals surface area (Å²) in [6.45, 7) is 6.00. The lowest BCUT2D eigenvalue weighted by Crippen LogP contribution is -2.55. The minimum absolute atomic E-state index is 0.123. The molecular formula is C14H17FN4O. The molecule has 0 radical (unpaired) electrons. The Morgan fingerprint density at radius 2 is 2.00 bits per heavy atom. The normalized spacial score (nSPS) is 16.8. The predicted molar refractivity (Wildman–Crippen MR) is 71.4 cm³/mol. The summed E-state index contributed by atoms with van der Waals surface area (Å²) in [6, 6.07) is 6.45. The zero-order valence-corrected chi connectivity index (χ0v) is 11.6. The maximum atomic E-state index is 13.0. The summed E-state index contributed by atoms with van der Waals surface area (Å²) >= 11 is 0. The first kappa shape index (κ1) is 14.4. The molecule has 1 aliphatic heterocycles. The molecule has 1 aliphatic rings. The summed E-state index contributed by atoms with van der Waals surface area (Å²) in [5, 5.41) is 9.11. The molecule has 1 aromatic heterocycles. The molecule has 20 heavy (non-hydrogen) atoms. The highest BCUT2D eigenvalue weighted by atomic mass is 19.1. The molecule has 106 valence electrons. The van der Waals surface area contributed by atoms with Gasteiger partial charge in [-0.2, -0.15) is 9.65 Å². The van der Waals surface area contributed by atoms with Crippen molar-refractivity contribution < 1.29 is 9.18 Å². The van der Waals surface area contributed by atoms with Gasteiger partial charge in [0.2, 0.25) is 5.95 Å². The summed E-state index contributed by atoms with van der Waals surface area (Å²) in [6.07, 6.45) is 0. The highest BCUT2D eigenvalue weighted by molar-refractivity contribution is 5.92. The van der Waals surface area contributed by atoms with Crippen LogP contribution in [0, 0.1) is 17.3 Å². The number of amides is 1. The van der Waals surface area contributed by atoms with Crippen molar-refractivity contribution in [2.24, 2.45) is 0 Å². The van der Waals surface area contributed by atoms with E-state index in [1.807, 2.05) is 18.7 Å². The molecule has 1 amide bonds. The van der Waals surface area contributed by atoms with Crippen molar-refractivity contribution in [3.05, 3.63) is 29.8 Å². The fourth-order valence-corrected chi connectivity index (χ4v) is 2.23. The molecule has 0 spiro atoms. The highest BCUT2D eigenvalue weighted by Gasteiger charge is 2.31. The number of hydrogen-bond acceptors (Lipinski definition) is 4. The SMILES string of the molecule is CC(C)(C#N)N1CCN(C(=O)c2cccc(F)n2)CC1. The molecule has 0 aromatic carbocycles. The van der Waals surface area contributed by atoms with E-state index in [-0.39, 0.29) is 11.6 Å². The third-order valence-electron chi connectivity index (χ3n) is 3.57. The molecule has 0 saturated carbocycles. The Kier molecular flexibility index (Phi) is 4.00. The number of rotatable bonds is 2. The summed E-state index contributed by atoms with van der Waals surface area (Å²) in [7, 11) is 0. The summed E-state index contributed by atoms with van der Waals surface area (Å²) in [5.41, 5.74) is -0.412. The average Bonchev–Trinajstić information content (AvgIpc) is 2.46. The van der Waals surface area contributed by atoms with E-state index in [4.69, 9.17) is 5.26 Å². The van der Waals surface area contributed by atoms with Crippen molar-refractivity contribution in [1.29, 1.82) is 5.26 Å². The van der Waals surface area contributed by atoms with Crippen molar-refractivity contribution in [3.8, 4) is 6.07 Å². The second-order valence-electron chi connectivity index (χ2n) is 5.30. The van der Waals surface area contributed by atoms with E-state index in [0.29, 0.717) is 26.2 Å². The van der Waals surface area contributed by atoms with Gasteiger partial charge in [0.15, 0.2) is 0 Å². The number of nitrogens with zero attached hydrogens (tertiary/aromatic N) is 4. The van der Waals surface area contributed by atoms with Crippen LogP contribution >= 0.6 is 0 Å². The van der Waals surface area contributed by atoms with E-state index < -0.39 is 11.5 Å². The third-order valence-corrected chi connectivity index (χ3v) is 3.57. The highest BCUT2D eigenvalue weighted by Crippen LogP contribution is 2.16. The maximum Gasteiger partial charge on any atom is 0.272 e. The van der Waals surface area contributed by atoms with Gasteiger partial charge in [0.05, 0.1) is 6.07 Å². The van der Waals surface area contributed by atoms with Crippen molar-refractivity contribution >= 4 is 5.91 Å². The first-order chi connectivity index (χ1) is 9.44. The van der Waals surface area contributed by atoms with Gasteiger partial charge in [0, 0.05) is 26.2 Å². The van der Waals surface area contributed by atoms with Crippen LogP contribution < -0.4 is 0 Å². The first-order valence-electron chi connectivity index (χ1n) is 6.52. The number of halogens is 1. The molecule has 6 heteroatoms. The Bertz CT molecular complexity index is 544. The van der Waals surface area contributed by atoms with Crippen molar-refractivity contribution in [3.63, 3.8) is 0 Å². The van der Waals surface area contributed by atoms with Crippen molar-refractivity contribution in [2.45, 2.75) is 19.4 Å². The largest absolute Gasteiger partial charge is 0.335 e. The van der Waals surface area contributed by atoms with Crippen molar-refractivity contribution in [2.75, 3.05) is 26.2 Å². The summed E-state index contributed by atoms with van der Waals surface area (Å²) in [4.78, 5) is 19.5. The molecular weight excluding hydrogens is 259 g/mol. The Balaban J connectivity index is 2.01. The lowest BCUT2D eigenvalue weighted by Gasteiger charge is -2.40.